The van der Waals surface area contributed by atoms with Crippen LogP contribution in [0.5, 0.6) is 0 Å². The lowest BCUT2D eigenvalue weighted by Gasteiger charge is -2.38. The van der Waals surface area contributed by atoms with E-state index in [-0.39, 0.29) is 136 Å². The molecular weight excluding hydrogens is 2030 g/mol. The van der Waals surface area contributed by atoms with Gasteiger partial charge in [-0.25, -0.2) is 31.9 Å². The molecule has 6 aromatic heterocycles. The summed E-state index contributed by atoms with van der Waals surface area (Å²) in [5.41, 5.74) is -1.11. The number of benzene rings is 6. The molecule has 3 aliphatic rings. The molecule has 12 aromatic rings. The molecule has 0 unspecified atom stereocenters. The average molecular weight is 2130 g/mol. The molecule has 147 heavy (non-hydrogen) atoms. The molecule has 3 aliphatic heterocycles. The van der Waals surface area contributed by atoms with E-state index in [0.29, 0.717) is 106 Å². The van der Waals surface area contributed by atoms with Gasteiger partial charge in [0.05, 0.1) is 120 Å². The number of esters is 3. The monoisotopic (exact) mass is 2130 g/mol. The first-order valence-electron chi connectivity index (χ1n) is 43.7. The summed E-state index contributed by atoms with van der Waals surface area (Å²) in [6.07, 6.45) is -13.7. The number of carbonyl (C=O) groups is 6. The van der Waals surface area contributed by atoms with Gasteiger partial charge in [0.2, 0.25) is 0 Å². The third-order valence-corrected chi connectivity index (χ3v) is 25.8. The van der Waals surface area contributed by atoms with Gasteiger partial charge in [0.1, 0.15) is 70.6 Å². The Kier molecular flexibility index (Phi) is 36.8. The zero-order valence-electron chi connectivity index (χ0n) is 77.6. The maximum absolute atomic E-state index is 15.2. The Morgan fingerprint density at radius 2 is 0.782 bits per heavy atom. The first-order chi connectivity index (χ1) is 67.9. The van der Waals surface area contributed by atoms with E-state index in [9.17, 15) is 95.8 Å². The van der Waals surface area contributed by atoms with Crippen molar-refractivity contribution in [3.05, 3.63) is 277 Å². The van der Waals surface area contributed by atoms with E-state index in [4.69, 9.17) is 63.2 Å². The van der Waals surface area contributed by atoms with Gasteiger partial charge in [-0.15, -0.1) is 0 Å². The van der Waals surface area contributed by atoms with Crippen molar-refractivity contribution in [2.24, 2.45) is 21.1 Å². The number of anilines is 3. The molecule has 0 saturated carbocycles. The molecule has 0 spiro atoms. The highest BCUT2D eigenvalue weighted by atomic mass is 35.5. The Hall–Kier alpha value is -13.8. The summed E-state index contributed by atoms with van der Waals surface area (Å²) in [6.45, 7) is 3.48. The van der Waals surface area contributed by atoms with Gasteiger partial charge in [0, 0.05) is 146 Å². The molecule has 0 radical (unpaired) electrons. The molecule has 3 amide bonds. The van der Waals surface area contributed by atoms with Crippen LogP contribution in [-0.4, -0.2) is 200 Å². The largest absolute Gasteiger partial charge is 0.467 e. The minimum absolute atomic E-state index is 0. The van der Waals surface area contributed by atoms with Crippen molar-refractivity contribution in [1.29, 1.82) is 0 Å². The predicted molar refractivity (Wildman–Crippen MR) is 521 cm³/mol. The summed E-state index contributed by atoms with van der Waals surface area (Å²) < 4.78 is 259. The van der Waals surface area contributed by atoms with E-state index >= 15 is 17.6 Å². The number of pyridine rings is 6. The van der Waals surface area contributed by atoms with E-state index < -0.39 is 179 Å². The molecule has 6 atom stereocenters. The summed E-state index contributed by atoms with van der Waals surface area (Å²) >= 11 is 19.2. The lowest BCUT2D eigenvalue weighted by Crippen LogP contribution is -2.53. The Bertz CT molecular complexity index is 7160. The van der Waals surface area contributed by atoms with Crippen LogP contribution in [0.3, 0.4) is 0 Å². The fourth-order valence-corrected chi connectivity index (χ4v) is 18.0. The third kappa shape index (κ3) is 24.7. The van der Waals surface area contributed by atoms with E-state index in [0.717, 1.165) is 46.7 Å². The van der Waals surface area contributed by atoms with Crippen molar-refractivity contribution < 1.29 is 127 Å². The molecule has 6 aromatic carbocycles. The number of morpholine rings is 3. The second-order valence-electron chi connectivity index (χ2n) is 33.6. The van der Waals surface area contributed by atoms with Gasteiger partial charge in [-0.3, -0.25) is 43.7 Å². The Morgan fingerprint density at radius 3 is 1.14 bits per heavy atom. The number of methoxy groups -OCH3 is 3. The summed E-state index contributed by atoms with van der Waals surface area (Å²) in [6, 6.07) is 16.1. The van der Waals surface area contributed by atoms with Gasteiger partial charge in [-0.05, 0) is 122 Å². The molecular formula is C101H99Cl3F16N12O15. The molecule has 0 bridgehead atoms. The number of hydrogen-bond donors (Lipinski definition) is 3. The van der Waals surface area contributed by atoms with Crippen molar-refractivity contribution in [2.75, 3.05) is 95.3 Å². The maximum atomic E-state index is 15.2. The second-order valence-corrected chi connectivity index (χ2v) is 34.8. The Labute approximate surface area is 844 Å². The summed E-state index contributed by atoms with van der Waals surface area (Å²) in [7, 11) is 7.74. The zero-order chi connectivity index (χ0) is 105. The number of hydrogen-bond acceptors (Lipinski definition) is 21. The van der Waals surface area contributed by atoms with Crippen LogP contribution in [-0.2, 0) is 89.4 Å². The fourth-order valence-electron chi connectivity index (χ4n) is 17.2. The van der Waals surface area contributed by atoms with Crippen molar-refractivity contribution in [1.82, 2.24) is 44.6 Å². The molecule has 46 heteroatoms. The molecule has 9 heterocycles. The molecule has 786 valence electrons. The summed E-state index contributed by atoms with van der Waals surface area (Å²) in [4.78, 5) is 134. The standard InChI is InChI=1S/C34H31ClF6N4O5.2C32H28ClF5N4O5.3CH4/c1-17-12-20(45-10-11-50-16-26(45)34(39,40)41)15-24(35)27(17)30(46)43-25(32(48)49-4)14-19-7-8-22(29-21(19)6-5-9-42-29)28-23(33(36,37)38)13-18(2)44(3)31(28)47;1-16-22(33)14-21(30(44)41(16)2)20-7-6-17(19-5-4-8-39-28(19)20)11-25(31(45)46-3)40-29(43)27-23(34)12-18(13-24(27)35)42-9-10-47-15-26(42)32(36,37)38;1-16-21(33)14-41(2)30(44)26(16)20-7-6-17(19-5-4-8-39-28(19)20)11-24(31(45)46-3)40-29(43)27-22(34)12-18(13-23(27)35)42-9-10-47-15-25(42)32(36,37)38;;;/h5-9,12-13,15,25-26H,10-11,14,16H2,1-4H3,(H,43,46);4-8,12-14,25-26H,9-11,15H2,1-3H3,(H,40,43);4-8,12-14,24-25H,9-11,15H2,1-3H3,(H,40,43);3*1H4/t2*25-,26+;24-,25+;;;/m000.../s1. The number of nitrogens with zero attached hydrogens (tertiary/aromatic N) is 9. The number of amides is 3. The van der Waals surface area contributed by atoms with Crippen LogP contribution in [0.2, 0.25) is 15.1 Å². The van der Waals surface area contributed by atoms with Gasteiger partial charge >= 0.3 is 42.6 Å². The minimum atomic E-state index is -4.85. The lowest BCUT2D eigenvalue weighted by atomic mass is 9.93. The SMILES string of the molecule is C.C.C.COC(=O)[C@H](Cc1ccc(-c2c(C(F)(F)F)cc(C)n(C)c2=O)c2ncccc12)NC(=O)c1c(C)cc(N2CCOC[C@@H]2C(F)(F)F)cc1Cl.COC(=O)[C@H](Cc1ccc(-c2c(C)c(Cl)cn(C)c2=O)c2ncccc12)NC(=O)c1c(F)cc(N2CCOC[C@@H]2C(F)(F)F)cc1F.COC(=O)[C@H](Cc1ccc(-c2cc(Cl)c(C)n(C)c2=O)c2ncccc12)NC(=O)c1c(F)cc(N2CCOC[C@@H]2C(F)(F)F)cc1F. The number of carbonyl (C=O) groups excluding carboxylic acids is 6. The Morgan fingerprint density at radius 1 is 0.429 bits per heavy atom. The highest BCUT2D eigenvalue weighted by Crippen LogP contribution is 2.43. The topological polar surface area (TPSA) is 308 Å². The van der Waals surface area contributed by atoms with Gasteiger partial charge in [-0.2, -0.15) is 52.7 Å². The van der Waals surface area contributed by atoms with Gasteiger partial charge in [0.25, 0.3) is 34.4 Å². The average Bonchev–Trinajstić information content (AvgIpc) is 0.750. The quantitative estimate of drug-likeness (QED) is 0.0342. The van der Waals surface area contributed by atoms with Crippen LogP contribution in [0.4, 0.5) is 87.3 Å². The highest BCUT2D eigenvalue weighted by Gasteiger charge is 2.50. The zero-order valence-corrected chi connectivity index (χ0v) is 79.9. The number of aromatic nitrogens is 6. The van der Waals surface area contributed by atoms with Crippen LogP contribution in [0.25, 0.3) is 66.1 Å². The predicted octanol–water partition coefficient (Wildman–Crippen LogP) is 18.3. The highest BCUT2D eigenvalue weighted by molar-refractivity contribution is 6.34. The van der Waals surface area contributed by atoms with Crippen molar-refractivity contribution in [2.45, 2.75) is 130 Å². The maximum Gasteiger partial charge on any atom is 0.417 e. The number of rotatable bonds is 21. The molecule has 15 rings (SSSR count). The molecule has 27 nitrogen and oxygen atoms in total. The normalized spacial score (nSPS) is 15.6. The number of halogens is 19. The van der Waals surface area contributed by atoms with Gasteiger partial charge < -0.3 is 72.8 Å². The molecule has 0 aliphatic carbocycles. The molecule has 3 saturated heterocycles. The van der Waals surface area contributed by atoms with Gasteiger partial charge in [0.15, 0.2) is 0 Å². The van der Waals surface area contributed by atoms with Crippen LogP contribution < -0.4 is 47.3 Å². The third-order valence-electron chi connectivity index (χ3n) is 24.8. The van der Waals surface area contributed by atoms with Crippen LogP contribution >= 0.6 is 34.8 Å². The van der Waals surface area contributed by atoms with Crippen LogP contribution in [0.15, 0.2) is 160 Å². The number of ether oxygens (including phenoxy) is 6. The van der Waals surface area contributed by atoms with E-state index in [1.807, 2.05) is 0 Å². The lowest BCUT2D eigenvalue weighted by molar-refractivity contribution is -0.167. The summed E-state index contributed by atoms with van der Waals surface area (Å²) in [5.74, 6) is -11.9. The summed E-state index contributed by atoms with van der Waals surface area (Å²) in [5, 5.41) is 9.06. The Balaban J connectivity index is 0.000000224. The number of alkyl halides is 12. The van der Waals surface area contributed by atoms with E-state index in [1.165, 1.54) is 91.2 Å². The first-order valence-corrected chi connectivity index (χ1v) is 44.8. The van der Waals surface area contributed by atoms with Crippen LogP contribution in [0.1, 0.15) is 98.1 Å². The number of nitrogens with one attached hydrogen (secondary N) is 3. The van der Waals surface area contributed by atoms with Crippen LogP contribution in [0, 0.1) is 51.0 Å². The van der Waals surface area contributed by atoms with E-state index in [2.05, 4.69) is 30.9 Å². The fraction of sp³-hybridized carbons (Fsp3) is 0.347. The smallest absolute Gasteiger partial charge is 0.417 e. The number of aryl methyl sites for hydroxylation is 3. The second kappa shape index (κ2) is 47.0. The number of fused-ring (bicyclic) bond motifs is 3. The first kappa shape index (κ1) is 115. The molecule has 3 N–H and O–H groups in total. The van der Waals surface area contributed by atoms with Crippen molar-refractivity contribution in [3.63, 3.8) is 0 Å². The van der Waals surface area contributed by atoms with Gasteiger partial charge in [-0.1, -0.05) is 112 Å². The van der Waals surface area contributed by atoms with E-state index in [1.54, 1.807) is 82.5 Å². The van der Waals surface area contributed by atoms with Crippen molar-refractivity contribution in [3.8, 4) is 33.4 Å². The minimum Gasteiger partial charge on any atom is -0.467 e. The van der Waals surface area contributed by atoms with Crippen molar-refractivity contribution >= 4 is 120 Å². The molecule has 3 fully saturated rings.